The topological polar surface area (TPSA) is 43.4 Å². The van der Waals surface area contributed by atoms with Crippen molar-refractivity contribution in [3.8, 4) is 0 Å². The Morgan fingerprint density at radius 3 is 2.35 bits per heavy atom. The molecule has 2 rings (SSSR count). The molecule has 0 heterocycles. The van der Waals surface area contributed by atoms with E-state index in [1.807, 2.05) is 13.2 Å². The molecule has 0 aromatic heterocycles. The summed E-state index contributed by atoms with van der Waals surface area (Å²) in [4.78, 5) is 0.246. The van der Waals surface area contributed by atoms with E-state index in [2.05, 4.69) is 0 Å². The van der Waals surface area contributed by atoms with Crippen LogP contribution in [0.2, 0.25) is 0 Å². The second kappa shape index (κ2) is 5.00. The lowest BCUT2D eigenvalue weighted by atomic mass is 9.96. The molecular weight excluding hydrogens is 256 g/mol. The first-order valence-electron chi connectivity index (χ1n) is 5.54. The number of rotatable bonds is 4. The highest BCUT2D eigenvalue weighted by molar-refractivity contribution is 7.99. The maximum atomic E-state index is 11.9. The molecule has 1 aromatic carbocycles. The van der Waals surface area contributed by atoms with Gasteiger partial charge in [0, 0.05) is 5.25 Å². The number of hydrogen-bond donors (Lipinski definition) is 0. The molecule has 0 N–H and O–H groups in total. The molecule has 1 fully saturated rings. The van der Waals surface area contributed by atoms with E-state index >= 15 is 0 Å². The van der Waals surface area contributed by atoms with Gasteiger partial charge in [0.25, 0.3) is 10.1 Å². The zero-order valence-electron chi connectivity index (χ0n) is 9.92. The summed E-state index contributed by atoms with van der Waals surface area (Å²) in [6.45, 7) is 1.92. The molecule has 1 aliphatic rings. The van der Waals surface area contributed by atoms with E-state index < -0.39 is 10.1 Å². The molecule has 1 aliphatic carbocycles. The number of aryl methyl sites for hydroxylation is 1. The predicted octanol–water partition coefficient (Wildman–Crippen LogP) is 2.59. The van der Waals surface area contributed by atoms with Crippen molar-refractivity contribution < 1.29 is 12.6 Å². The minimum absolute atomic E-state index is 0.140. The first-order valence-corrected chi connectivity index (χ1v) is 8.23. The van der Waals surface area contributed by atoms with Gasteiger partial charge in [-0.1, -0.05) is 17.7 Å². The summed E-state index contributed by atoms with van der Waals surface area (Å²) >= 11 is 1.76. The molecule has 94 valence electrons. The zero-order chi connectivity index (χ0) is 12.5. The average molecular weight is 272 g/mol. The molecule has 0 bridgehead atoms. The van der Waals surface area contributed by atoms with E-state index in [0.29, 0.717) is 5.25 Å². The van der Waals surface area contributed by atoms with E-state index in [1.165, 1.54) is 0 Å². The molecule has 0 unspecified atom stereocenters. The monoisotopic (exact) mass is 272 g/mol. The minimum Gasteiger partial charge on any atom is -0.263 e. The van der Waals surface area contributed by atoms with Crippen LogP contribution in [0.3, 0.4) is 0 Å². The summed E-state index contributed by atoms with van der Waals surface area (Å²) in [7, 11) is -3.58. The summed E-state index contributed by atoms with van der Waals surface area (Å²) in [5.41, 5.74) is 1.04. The van der Waals surface area contributed by atoms with Crippen molar-refractivity contribution >= 4 is 21.9 Å². The number of thioether (sulfide) groups is 1. The van der Waals surface area contributed by atoms with Crippen LogP contribution in [-0.2, 0) is 14.3 Å². The van der Waals surface area contributed by atoms with Gasteiger partial charge in [-0.2, -0.15) is 20.2 Å². The van der Waals surface area contributed by atoms with Crippen LogP contribution < -0.4 is 0 Å². The highest BCUT2D eigenvalue weighted by atomic mass is 32.2. The van der Waals surface area contributed by atoms with Crippen molar-refractivity contribution in [3.05, 3.63) is 29.8 Å². The van der Waals surface area contributed by atoms with Gasteiger partial charge in [0.15, 0.2) is 0 Å². The molecule has 1 saturated carbocycles. The minimum atomic E-state index is -3.58. The van der Waals surface area contributed by atoms with Gasteiger partial charge in [-0.3, -0.25) is 4.18 Å². The largest absolute Gasteiger partial charge is 0.297 e. The van der Waals surface area contributed by atoms with E-state index in [4.69, 9.17) is 4.18 Å². The molecule has 17 heavy (non-hydrogen) atoms. The third kappa shape index (κ3) is 3.03. The molecular formula is C12H16O3S2. The molecule has 0 aliphatic heterocycles. The number of benzene rings is 1. The van der Waals surface area contributed by atoms with Crippen LogP contribution in [0.25, 0.3) is 0 Å². The van der Waals surface area contributed by atoms with Crippen molar-refractivity contribution in [2.45, 2.75) is 36.0 Å². The van der Waals surface area contributed by atoms with Gasteiger partial charge >= 0.3 is 0 Å². The van der Waals surface area contributed by atoms with Gasteiger partial charge in [0.1, 0.15) is 0 Å². The Bertz CT molecular complexity index is 473. The SMILES string of the molecule is CSC1CC(OS(=O)(=O)c2ccc(C)cc2)C1. The summed E-state index contributed by atoms with van der Waals surface area (Å²) in [5.74, 6) is 0. The van der Waals surface area contributed by atoms with E-state index in [1.54, 1.807) is 36.0 Å². The van der Waals surface area contributed by atoms with Crippen LogP contribution in [0.15, 0.2) is 29.2 Å². The Labute approximate surface area is 107 Å². The van der Waals surface area contributed by atoms with Crippen LogP contribution in [0.1, 0.15) is 18.4 Å². The fourth-order valence-corrected chi connectivity index (χ4v) is 3.64. The average Bonchev–Trinajstić information content (AvgIpc) is 2.23. The Morgan fingerprint density at radius 1 is 1.24 bits per heavy atom. The van der Waals surface area contributed by atoms with Crippen LogP contribution in [0.4, 0.5) is 0 Å². The second-order valence-electron chi connectivity index (χ2n) is 4.31. The normalized spacial score (nSPS) is 24.4. The van der Waals surface area contributed by atoms with Gasteiger partial charge in [0.05, 0.1) is 11.0 Å². The highest BCUT2D eigenvalue weighted by Gasteiger charge is 2.33. The van der Waals surface area contributed by atoms with Crippen LogP contribution in [-0.4, -0.2) is 26.0 Å². The maximum Gasteiger partial charge on any atom is 0.297 e. The predicted molar refractivity (Wildman–Crippen MR) is 69.8 cm³/mol. The molecule has 0 spiro atoms. The fourth-order valence-electron chi connectivity index (χ4n) is 1.73. The lowest BCUT2D eigenvalue weighted by molar-refractivity contribution is 0.134. The molecule has 1 aromatic rings. The molecule has 0 atom stereocenters. The van der Waals surface area contributed by atoms with Crippen molar-refractivity contribution in [2.24, 2.45) is 0 Å². The maximum absolute atomic E-state index is 11.9. The molecule has 3 nitrogen and oxygen atoms in total. The molecule has 0 radical (unpaired) electrons. The third-order valence-electron chi connectivity index (χ3n) is 2.96. The lowest BCUT2D eigenvalue weighted by Gasteiger charge is -2.32. The standard InChI is InChI=1S/C12H16O3S2/c1-9-3-5-12(6-4-9)17(13,14)15-10-7-11(8-10)16-2/h3-6,10-11H,7-8H2,1-2H3. The molecule has 0 amide bonds. The van der Waals surface area contributed by atoms with Crippen molar-refractivity contribution in [3.63, 3.8) is 0 Å². The summed E-state index contributed by atoms with van der Waals surface area (Å²) in [6, 6.07) is 6.74. The van der Waals surface area contributed by atoms with Gasteiger partial charge in [-0.25, -0.2) is 0 Å². The second-order valence-corrected chi connectivity index (χ2v) is 7.02. The van der Waals surface area contributed by atoms with Gasteiger partial charge in [-0.15, -0.1) is 0 Å². The third-order valence-corrected chi connectivity index (χ3v) is 5.38. The van der Waals surface area contributed by atoms with E-state index in [9.17, 15) is 8.42 Å². The van der Waals surface area contributed by atoms with Gasteiger partial charge < -0.3 is 0 Å². The van der Waals surface area contributed by atoms with Crippen molar-refractivity contribution in [1.29, 1.82) is 0 Å². The molecule has 5 heteroatoms. The Balaban J connectivity index is 2.02. The highest BCUT2D eigenvalue weighted by Crippen LogP contribution is 2.34. The van der Waals surface area contributed by atoms with Crippen molar-refractivity contribution in [1.82, 2.24) is 0 Å². The molecule has 0 saturated heterocycles. The van der Waals surface area contributed by atoms with Gasteiger partial charge in [-0.05, 0) is 38.2 Å². The quantitative estimate of drug-likeness (QED) is 0.790. The first kappa shape index (κ1) is 12.9. The fraction of sp³-hybridized carbons (Fsp3) is 0.500. The van der Waals surface area contributed by atoms with E-state index in [0.717, 1.165) is 18.4 Å². The zero-order valence-corrected chi connectivity index (χ0v) is 11.6. The lowest BCUT2D eigenvalue weighted by Crippen LogP contribution is -2.35. The van der Waals surface area contributed by atoms with Crippen molar-refractivity contribution in [2.75, 3.05) is 6.26 Å². The Hall–Kier alpha value is -0.520. The number of hydrogen-bond acceptors (Lipinski definition) is 4. The summed E-state index contributed by atoms with van der Waals surface area (Å²) < 4.78 is 29.0. The van der Waals surface area contributed by atoms with Crippen LogP contribution in [0, 0.1) is 6.92 Å². The first-order chi connectivity index (χ1) is 8.01. The van der Waals surface area contributed by atoms with Gasteiger partial charge in [0.2, 0.25) is 0 Å². The summed E-state index contributed by atoms with van der Waals surface area (Å²) in [6.07, 6.45) is 3.55. The van der Waals surface area contributed by atoms with Crippen LogP contribution >= 0.6 is 11.8 Å². The van der Waals surface area contributed by atoms with Crippen LogP contribution in [0.5, 0.6) is 0 Å². The Kier molecular flexibility index (Phi) is 3.80. The smallest absolute Gasteiger partial charge is 0.263 e. The summed E-state index contributed by atoms with van der Waals surface area (Å²) in [5, 5.41) is 0.549. The van der Waals surface area contributed by atoms with E-state index in [-0.39, 0.29) is 11.0 Å². The Morgan fingerprint density at radius 2 is 1.82 bits per heavy atom.